The first-order valence-electron chi connectivity index (χ1n) is 6.74. The molecular formula is C14H19BN2O2S. The van der Waals surface area contributed by atoms with E-state index in [1.54, 1.807) is 11.3 Å². The number of rotatable bonds is 2. The van der Waals surface area contributed by atoms with E-state index in [0.717, 1.165) is 16.8 Å². The maximum absolute atomic E-state index is 6.09. The fourth-order valence-electron chi connectivity index (χ4n) is 2.19. The molecule has 106 valence electrons. The van der Waals surface area contributed by atoms with E-state index in [9.17, 15) is 0 Å². The second-order valence-electron chi connectivity index (χ2n) is 6.18. The number of aryl methyl sites for hydroxylation is 1. The standard InChI is InChI=1S/C14H19BN2O2S/c1-10-12(8-17(16-10)11-6-7-20-9-11)15-18-13(2,3)14(4,5)19-15/h6-9H,1-5H3. The third-order valence-corrected chi connectivity index (χ3v) is 4.89. The highest BCUT2D eigenvalue weighted by Crippen LogP contribution is 2.36. The molecule has 4 nitrogen and oxygen atoms in total. The van der Waals surface area contributed by atoms with E-state index < -0.39 is 0 Å². The van der Waals surface area contributed by atoms with Crippen molar-refractivity contribution in [3.05, 3.63) is 28.7 Å². The van der Waals surface area contributed by atoms with Gasteiger partial charge in [0.2, 0.25) is 0 Å². The lowest BCUT2D eigenvalue weighted by molar-refractivity contribution is 0.00578. The van der Waals surface area contributed by atoms with Crippen molar-refractivity contribution in [1.82, 2.24) is 9.78 Å². The highest BCUT2D eigenvalue weighted by Gasteiger charge is 2.52. The zero-order valence-corrected chi connectivity index (χ0v) is 13.3. The number of hydrogen-bond acceptors (Lipinski definition) is 4. The molecule has 3 rings (SSSR count). The Morgan fingerprint density at radius 3 is 2.40 bits per heavy atom. The Morgan fingerprint density at radius 1 is 1.20 bits per heavy atom. The Bertz CT molecular complexity index is 603. The van der Waals surface area contributed by atoms with Crippen molar-refractivity contribution in [1.29, 1.82) is 0 Å². The van der Waals surface area contributed by atoms with Crippen LogP contribution in [0.3, 0.4) is 0 Å². The lowest BCUT2D eigenvalue weighted by atomic mass is 9.79. The molecule has 0 bridgehead atoms. The molecule has 3 heterocycles. The summed E-state index contributed by atoms with van der Waals surface area (Å²) in [4.78, 5) is 0. The lowest BCUT2D eigenvalue weighted by Gasteiger charge is -2.32. The van der Waals surface area contributed by atoms with E-state index in [2.05, 4.69) is 38.2 Å². The van der Waals surface area contributed by atoms with Gasteiger partial charge < -0.3 is 9.31 Å². The van der Waals surface area contributed by atoms with Gasteiger partial charge in [-0.05, 0) is 46.1 Å². The molecule has 6 heteroatoms. The fraction of sp³-hybridized carbons (Fsp3) is 0.500. The summed E-state index contributed by atoms with van der Waals surface area (Å²) in [6.07, 6.45) is 2.00. The molecule has 0 aromatic carbocycles. The smallest absolute Gasteiger partial charge is 0.399 e. The summed E-state index contributed by atoms with van der Waals surface area (Å²) in [6.45, 7) is 10.2. The molecule has 1 aliphatic rings. The van der Waals surface area contributed by atoms with Gasteiger partial charge in [-0.3, -0.25) is 0 Å². The Hall–Kier alpha value is -1.11. The minimum atomic E-state index is -0.354. The van der Waals surface area contributed by atoms with Gasteiger partial charge in [0.05, 0.1) is 22.6 Å². The van der Waals surface area contributed by atoms with Crippen molar-refractivity contribution in [2.75, 3.05) is 0 Å². The Kier molecular flexibility index (Phi) is 3.08. The SMILES string of the molecule is Cc1nn(-c2ccsc2)cc1B1OC(C)(C)C(C)(C)O1. The van der Waals surface area contributed by atoms with Crippen LogP contribution in [-0.2, 0) is 9.31 Å². The molecule has 0 N–H and O–H groups in total. The molecule has 1 aliphatic heterocycles. The van der Waals surface area contributed by atoms with Gasteiger partial charge >= 0.3 is 7.12 Å². The van der Waals surface area contributed by atoms with E-state index in [0.29, 0.717) is 0 Å². The Labute approximate surface area is 123 Å². The largest absolute Gasteiger partial charge is 0.498 e. The van der Waals surface area contributed by atoms with Gasteiger partial charge in [-0.1, -0.05) is 0 Å². The summed E-state index contributed by atoms with van der Waals surface area (Å²) in [5, 5.41) is 8.67. The summed E-state index contributed by atoms with van der Waals surface area (Å²) in [6, 6.07) is 2.05. The van der Waals surface area contributed by atoms with Crippen LogP contribution in [0.1, 0.15) is 33.4 Å². The molecule has 0 amide bonds. The van der Waals surface area contributed by atoms with Gasteiger partial charge in [-0.2, -0.15) is 16.4 Å². The first-order valence-corrected chi connectivity index (χ1v) is 7.69. The molecule has 0 spiro atoms. The first kappa shape index (κ1) is 13.9. The van der Waals surface area contributed by atoms with E-state index >= 15 is 0 Å². The van der Waals surface area contributed by atoms with E-state index in [1.807, 2.05) is 29.2 Å². The Balaban J connectivity index is 1.93. The minimum Gasteiger partial charge on any atom is -0.399 e. The summed E-state index contributed by atoms with van der Waals surface area (Å²) >= 11 is 1.66. The zero-order chi connectivity index (χ0) is 14.5. The monoisotopic (exact) mass is 290 g/mol. The van der Waals surface area contributed by atoms with Gasteiger partial charge in [0.15, 0.2) is 0 Å². The van der Waals surface area contributed by atoms with Crippen LogP contribution >= 0.6 is 11.3 Å². The van der Waals surface area contributed by atoms with Crippen LogP contribution in [0.2, 0.25) is 0 Å². The van der Waals surface area contributed by atoms with Gasteiger partial charge in [0.25, 0.3) is 0 Å². The van der Waals surface area contributed by atoms with Crippen LogP contribution in [0.15, 0.2) is 23.0 Å². The summed E-state index contributed by atoms with van der Waals surface area (Å²) in [5.74, 6) is 0. The van der Waals surface area contributed by atoms with Crippen molar-refractivity contribution in [2.24, 2.45) is 0 Å². The van der Waals surface area contributed by atoms with Crippen LogP contribution in [0, 0.1) is 6.92 Å². The second-order valence-corrected chi connectivity index (χ2v) is 6.96. The van der Waals surface area contributed by atoms with Crippen LogP contribution in [0.4, 0.5) is 0 Å². The molecule has 0 radical (unpaired) electrons. The second kappa shape index (κ2) is 4.45. The quantitative estimate of drug-likeness (QED) is 0.797. The summed E-state index contributed by atoms with van der Waals surface area (Å²) in [5.41, 5.74) is 2.36. The van der Waals surface area contributed by atoms with Crippen molar-refractivity contribution >= 4 is 23.9 Å². The zero-order valence-electron chi connectivity index (χ0n) is 12.5. The molecule has 20 heavy (non-hydrogen) atoms. The fourth-order valence-corrected chi connectivity index (χ4v) is 2.82. The molecule has 2 aromatic rings. The van der Waals surface area contributed by atoms with Crippen LogP contribution in [-0.4, -0.2) is 28.1 Å². The lowest BCUT2D eigenvalue weighted by Crippen LogP contribution is -2.41. The molecule has 1 saturated heterocycles. The van der Waals surface area contributed by atoms with Crippen LogP contribution in [0.5, 0.6) is 0 Å². The molecule has 0 unspecified atom stereocenters. The minimum absolute atomic E-state index is 0.325. The van der Waals surface area contributed by atoms with Crippen LogP contribution in [0.25, 0.3) is 5.69 Å². The van der Waals surface area contributed by atoms with E-state index in [1.165, 1.54) is 0 Å². The molecular weight excluding hydrogens is 271 g/mol. The van der Waals surface area contributed by atoms with Gasteiger partial charge in [-0.15, -0.1) is 0 Å². The number of aromatic nitrogens is 2. The maximum Gasteiger partial charge on any atom is 0.498 e. The third-order valence-electron chi connectivity index (χ3n) is 4.21. The van der Waals surface area contributed by atoms with E-state index in [4.69, 9.17) is 9.31 Å². The van der Waals surface area contributed by atoms with Crippen molar-refractivity contribution in [2.45, 2.75) is 45.8 Å². The van der Waals surface area contributed by atoms with E-state index in [-0.39, 0.29) is 18.3 Å². The Morgan fingerprint density at radius 2 is 1.85 bits per heavy atom. The number of thiophene rings is 1. The predicted octanol–water partition coefficient (Wildman–Crippen LogP) is 2.54. The van der Waals surface area contributed by atoms with Crippen LogP contribution < -0.4 is 5.46 Å². The third kappa shape index (κ3) is 2.12. The van der Waals surface area contributed by atoms with Gasteiger partial charge in [0.1, 0.15) is 0 Å². The summed E-state index contributed by atoms with van der Waals surface area (Å²) < 4.78 is 14.1. The number of hydrogen-bond donors (Lipinski definition) is 0. The van der Waals surface area contributed by atoms with Crippen molar-refractivity contribution in [3.8, 4) is 5.69 Å². The topological polar surface area (TPSA) is 36.3 Å². The average Bonchev–Trinajstić information content (AvgIpc) is 2.98. The number of nitrogens with zero attached hydrogens (tertiary/aromatic N) is 2. The average molecular weight is 290 g/mol. The maximum atomic E-state index is 6.09. The van der Waals surface area contributed by atoms with Crippen molar-refractivity contribution < 1.29 is 9.31 Å². The molecule has 1 fully saturated rings. The molecule has 0 atom stereocenters. The highest BCUT2D eigenvalue weighted by atomic mass is 32.1. The first-order chi connectivity index (χ1) is 9.30. The molecule has 0 aliphatic carbocycles. The van der Waals surface area contributed by atoms with Crippen molar-refractivity contribution in [3.63, 3.8) is 0 Å². The molecule has 2 aromatic heterocycles. The van der Waals surface area contributed by atoms with Gasteiger partial charge in [0, 0.05) is 17.0 Å². The van der Waals surface area contributed by atoms with Gasteiger partial charge in [-0.25, -0.2) is 4.68 Å². The highest BCUT2D eigenvalue weighted by molar-refractivity contribution is 7.08. The predicted molar refractivity (Wildman–Crippen MR) is 81.9 cm³/mol. The normalized spacial score (nSPS) is 20.6. The molecule has 0 saturated carbocycles. The summed E-state index contributed by atoms with van der Waals surface area (Å²) in [7, 11) is -0.354.